The Hall–Kier alpha value is -1.68. The molecule has 0 amide bonds. The van der Waals surface area contributed by atoms with Gasteiger partial charge in [0.2, 0.25) is 10.0 Å². The Morgan fingerprint density at radius 1 is 1.32 bits per heavy atom. The average Bonchev–Trinajstić information content (AvgIpc) is 2.37. The lowest BCUT2D eigenvalue weighted by Gasteiger charge is -2.21. The summed E-state index contributed by atoms with van der Waals surface area (Å²) in [5.74, 6) is 0. The van der Waals surface area contributed by atoms with E-state index in [1.807, 2.05) is 0 Å². The molecule has 0 aliphatic heterocycles. The second-order valence-electron chi connectivity index (χ2n) is 4.57. The predicted octanol–water partition coefficient (Wildman–Crippen LogP) is 2.87. The van der Waals surface area contributed by atoms with Crippen molar-refractivity contribution in [3.05, 3.63) is 33.9 Å². The van der Waals surface area contributed by atoms with Gasteiger partial charge in [0, 0.05) is 24.7 Å². The third kappa shape index (κ3) is 4.41. The Bertz CT molecular complexity index is 659. The van der Waals surface area contributed by atoms with E-state index in [-0.39, 0.29) is 22.7 Å². The molecule has 0 aromatic heterocycles. The van der Waals surface area contributed by atoms with E-state index in [2.05, 4.69) is 0 Å². The van der Waals surface area contributed by atoms with E-state index in [4.69, 9.17) is 0 Å². The molecule has 6 nitrogen and oxygen atoms in total. The van der Waals surface area contributed by atoms with Crippen molar-refractivity contribution >= 4 is 15.7 Å². The number of halogens is 3. The third-order valence-electron chi connectivity index (χ3n) is 3.00. The van der Waals surface area contributed by atoms with Crippen LogP contribution in [-0.2, 0) is 10.0 Å². The first kappa shape index (κ1) is 18.4. The number of nitrogens with zero attached hydrogens (tertiary/aromatic N) is 2. The number of benzene rings is 1. The zero-order valence-corrected chi connectivity index (χ0v) is 12.7. The standard InChI is InChI=1S/C12H15F3N2O4S/c1-3-16(7-6-12(13,14)15)22(20,21)10-4-5-11(17(18)19)9(2)8-10/h4-5,8H,3,6-7H2,1-2H3. The summed E-state index contributed by atoms with van der Waals surface area (Å²) in [7, 11) is -4.13. The molecule has 124 valence electrons. The van der Waals surface area contributed by atoms with Crippen LogP contribution in [0.1, 0.15) is 18.9 Å². The Kier molecular flexibility index (Phi) is 5.52. The van der Waals surface area contributed by atoms with Crippen molar-refractivity contribution in [1.82, 2.24) is 4.31 Å². The van der Waals surface area contributed by atoms with E-state index in [1.165, 1.54) is 13.8 Å². The molecule has 0 N–H and O–H groups in total. The average molecular weight is 340 g/mol. The second-order valence-corrected chi connectivity index (χ2v) is 6.51. The number of nitro benzene ring substituents is 1. The van der Waals surface area contributed by atoms with Gasteiger partial charge in [-0.1, -0.05) is 6.92 Å². The van der Waals surface area contributed by atoms with Crippen molar-refractivity contribution in [2.75, 3.05) is 13.1 Å². The summed E-state index contributed by atoms with van der Waals surface area (Å²) in [6, 6.07) is 3.14. The van der Waals surface area contributed by atoms with Crippen LogP contribution in [0.2, 0.25) is 0 Å². The van der Waals surface area contributed by atoms with Crippen LogP contribution in [0.4, 0.5) is 18.9 Å². The van der Waals surface area contributed by atoms with Crippen LogP contribution in [0.5, 0.6) is 0 Å². The molecule has 22 heavy (non-hydrogen) atoms. The van der Waals surface area contributed by atoms with Gasteiger partial charge in [0.25, 0.3) is 5.69 Å². The summed E-state index contributed by atoms with van der Waals surface area (Å²) in [5.41, 5.74) is -0.129. The fraction of sp³-hybridized carbons (Fsp3) is 0.500. The van der Waals surface area contributed by atoms with Gasteiger partial charge in [-0.3, -0.25) is 10.1 Å². The Balaban J connectivity index is 3.11. The summed E-state index contributed by atoms with van der Waals surface area (Å²) in [4.78, 5) is 9.78. The molecule has 0 aliphatic carbocycles. The van der Waals surface area contributed by atoms with Gasteiger partial charge in [-0.25, -0.2) is 8.42 Å². The smallest absolute Gasteiger partial charge is 0.258 e. The summed E-state index contributed by atoms with van der Waals surface area (Å²) < 4.78 is 62.1. The molecule has 0 bridgehead atoms. The number of rotatable bonds is 6. The predicted molar refractivity (Wildman–Crippen MR) is 72.9 cm³/mol. The molecule has 10 heteroatoms. The number of aryl methyl sites for hydroxylation is 1. The van der Waals surface area contributed by atoms with Crippen LogP contribution in [-0.4, -0.2) is 36.9 Å². The maximum atomic E-state index is 12.3. The van der Waals surface area contributed by atoms with E-state index in [9.17, 15) is 31.7 Å². The SMILES string of the molecule is CCN(CCC(F)(F)F)S(=O)(=O)c1ccc([N+](=O)[O-])c(C)c1. The van der Waals surface area contributed by atoms with E-state index in [1.54, 1.807) is 0 Å². The van der Waals surface area contributed by atoms with Crippen molar-refractivity contribution < 1.29 is 26.5 Å². The molecule has 0 atom stereocenters. The number of hydrogen-bond acceptors (Lipinski definition) is 4. The number of sulfonamides is 1. The fourth-order valence-corrected chi connectivity index (χ4v) is 3.38. The Morgan fingerprint density at radius 2 is 1.91 bits per heavy atom. The van der Waals surface area contributed by atoms with E-state index < -0.39 is 34.1 Å². The lowest BCUT2D eigenvalue weighted by atomic mass is 10.2. The number of hydrogen-bond donors (Lipinski definition) is 0. The molecule has 0 fully saturated rings. The van der Waals surface area contributed by atoms with Gasteiger partial charge in [-0.05, 0) is 19.1 Å². The summed E-state index contributed by atoms with van der Waals surface area (Å²) >= 11 is 0. The topological polar surface area (TPSA) is 80.5 Å². The van der Waals surface area contributed by atoms with Crippen LogP contribution in [0.25, 0.3) is 0 Å². The lowest BCUT2D eigenvalue weighted by Crippen LogP contribution is -2.34. The van der Waals surface area contributed by atoms with Crippen molar-refractivity contribution in [3.8, 4) is 0 Å². The van der Waals surface area contributed by atoms with Gasteiger partial charge in [0.15, 0.2) is 0 Å². The van der Waals surface area contributed by atoms with Gasteiger partial charge in [0.1, 0.15) is 0 Å². The molecular formula is C12H15F3N2O4S. The van der Waals surface area contributed by atoms with Crippen LogP contribution in [0, 0.1) is 17.0 Å². The number of nitro groups is 1. The van der Waals surface area contributed by atoms with Crippen LogP contribution >= 0.6 is 0 Å². The summed E-state index contributed by atoms with van der Waals surface area (Å²) in [5, 5.41) is 10.7. The third-order valence-corrected chi connectivity index (χ3v) is 4.97. The van der Waals surface area contributed by atoms with Crippen LogP contribution in [0.3, 0.4) is 0 Å². The van der Waals surface area contributed by atoms with Crippen LogP contribution in [0.15, 0.2) is 23.1 Å². The van der Waals surface area contributed by atoms with Crippen molar-refractivity contribution in [2.24, 2.45) is 0 Å². The first-order valence-corrected chi connectivity index (χ1v) is 7.75. The van der Waals surface area contributed by atoms with Gasteiger partial charge in [0.05, 0.1) is 16.2 Å². The molecule has 0 saturated carbocycles. The van der Waals surface area contributed by atoms with Crippen molar-refractivity contribution in [2.45, 2.75) is 31.3 Å². The van der Waals surface area contributed by atoms with Gasteiger partial charge in [-0.15, -0.1) is 0 Å². The molecular weight excluding hydrogens is 325 g/mol. The van der Waals surface area contributed by atoms with E-state index in [0.717, 1.165) is 18.2 Å². The molecule has 0 unspecified atom stereocenters. The van der Waals surface area contributed by atoms with Gasteiger partial charge >= 0.3 is 6.18 Å². The Labute approximate surface area is 125 Å². The minimum absolute atomic E-state index is 0.123. The van der Waals surface area contributed by atoms with Crippen LogP contribution < -0.4 is 0 Å². The highest BCUT2D eigenvalue weighted by atomic mass is 32.2. The maximum absolute atomic E-state index is 12.3. The normalized spacial score (nSPS) is 12.6. The van der Waals surface area contributed by atoms with Gasteiger partial charge < -0.3 is 0 Å². The molecule has 1 aromatic rings. The molecule has 0 aliphatic rings. The quantitative estimate of drug-likeness (QED) is 0.589. The summed E-state index contributed by atoms with van der Waals surface area (Å²) in [6.45, 7) is 1.96. The maximum Gasteiger partial charge on any atom is 0.390 e. The van der Waals surface area contributed by atoms with E-state index >= 15 is 0 Å². The summed E-state index contributed by atoms with van der Waals surface area (Å²) in [6.07, 6.45) is -5.72. The van der Waals surface area contributed by atoms with Gasteiger partial charge in [-0.2, -0.15) is 17.5 Å². The lowest BCUT2D eigenvalue weighted by molar-refractivity contribution is -0.385. The first-order valence-electron chi connectivity index (χ1n) is 6.31. The zero-order valence-electron chi connectivity index (χ0n) is 11.9. The number of alkyl halides is 3. The highest BCUT2D eigenvalue weighted by Gasteiger charge is 2.31. The zero-order chi connectivity index (χ0) is 17.1. The van der Waals surface area contributed by atoms with E-state index in [0.29, 0.717) is 4.31 Å². The second kappa shape index (κ2) is 6.61. The molecule has 0 saturated heterocycles. The highest BCUT2D eigenvalue weighted by molar-refractivity contribution is 7.89. The fourth-order valence-electron chi connectivity index (χ4n) is 1.84. The van der Waals surface area contributed by atoms with Crippen molar-refractivity contribution in [3.63, 3.8) is 0 Å². The Morgan fingerprint density at radius 3 is 2.32 bits per heavy atom. The minimum atomic E-state index is -4.46. The molecule has 0 heterocycles. The molecule has 0 radical (unpaired) electrons. The molecule has 0 spiro atoms. The first-order chi connectivity index (χ1) is 9.99. The minimum Gasteiger partial charge on any atom is -0.258 e. The van der Waals surface area contributed by atoms with Crippen molar-refractivity contribution in [1.29, 1.82) is 0 Å². The monoisotopic (exact) mass is 340 g/mol. The molecule has 1 rings (SSSR count). The molecule has 1 aromatic carbocycles. The highest BCUT2D eigenvalue weighted by Crippen LogP contribution is 2.25. The largest absolute Gasteiger partial charge is 0.390 e.